The molecule has 0 aliphatic carbocycles. The van der Waals surface area contributed by atoms with Crippen LogP contribution in [0.15, 0.2) is 60.2 Å². The zero-order valence-corrected chi connectivity index (χ0v) is 21.2. The van der Waals surface area contributed by atoms with Gasteiger partial charge in [-0.05, 0) is 36.8 Å². The van der Waals surface area contributed by atoms with Crippen molar-refractivity contribution >= 4 is 57.9 Å². The maximum absolute atomic E-state index is 13.4. The standard InChI is InChI=1S/C26H20Cl3NO5/c1-13-5-4-6-14(7-13)23-22(24(31)18-11-21(35-3)19(29)12-20(18)34-2)25(32)26(33)30(23)17-9-15(27)8-16(28)10-17/h4-12,23,31H,1-3H3/b24-22+. The summed E-state index contributed by atoms with van der Waals surface area (Å²) in [6.45, 7) is 1.89. The minimum absolute atomic E-state index is 0.126. The van der Waals surface area contributed by atoms with Gasteiger partial charge in [0.05, 0.1) is 36.4 Å². The van der Waals surface area contributed by atoms with Crippen molar-refractivity contribution in [1.29, 1.82) is 0 Å². The van der Waals surface area contributed by atoms with Gasteiger partial charge in [0.15, 0.2) is 0 Å². The second-order valence-electron chi connectivity index (χ2n) is 7.90. The molecule has 1 heterocycles. The summed E-state index contributed by atoms with van der Waals surface area (Å²) in [4.78, 5) is 28.0. The molecule has 0 saturated carbocycles. The molecule has 4 rings (SSSR count). The number of ether oxygens (including phenoxy) is 2. The molecule has 1 fully saturated rings. The predicted molar refractivity (Wildman–Crippen MR) is 137 cm³/mol. The van der Waals surface area contributed by atoms with E-state index in [0.717, 1.165) is 5.56 Å². The highest BCUT2D eigenvalue weighted by Crippen LogP contribution is 2.45. The van der Waals surface area contributed by atoms with Crippen LogP contribution in [-0.4, -0.2) is 31.0 Å². The molecular formula is C26H20Cl3NO5. The fourth-order valence-corrected chi connectivity index (χ4v) is 4.87. The second-order valence-corrected chi connectivity index (χ2v) is 9.18. The lowest BCUT2D eigenvalue weighted by Crippen LogP contribution is -2.29. The van der Waals surface area contributed by atoms with E-state index in [4.69, 9.17) is 44.3 Å². The van der Waals surface area contributed by atoms with Crippen LogP contribution in [0.1, 0.15) is 22.7 Å². The molecule has 1 unspecified atom stereocenters. The predicted octanol–water partition coefficient (Wildman–Crippen LogP) is 6.60. The molecule has 6 nitrogen and oxygen atoms in total. The number of amides is 1. The Bertz CT molecular complexity index is 1370. The smallest absolute Gasteiger partial charge is 0.300 e. The van der Waals surface area contributed by atoms with Crippen LogP contribution in [0.5, 0.6) is 11.5 Å². The topological polar surface area (TPSA) is 76.1 Å². The van der Waals surface area contributed by atoms with E-state index in [-0.39, 0.29) is 27.7 Å². The first-order valence-electron chi connectivity index (χ1n) is 10.4. The Labute approximate surface area is 217 Å². The van der Waals surface area contributed by atoms with Crippen molar-refractivity contribution in [3.8, 4) is 11.5 Å². The van der Waals surface area contributed by atoms with Gasteiger partial charge in [-0.2, -0.15) is 0 Å². The number of hydrogen-bond acceptors (Lipinski definition) is 5. The minimum atomic E-state index is -0.962. The number of nitrogens with zero attached hydrogens (tertiary/aromatic N) is 1. The van der Waals surface area contributed by atoms with Crippen LogP contribution >= 0.6 is 34.8 Å². The van der Waals surface area contributed by atoms with Gasteiger partial charge in [-0.1, -0.05) is 64.6 Å². The molecular weight excluding hydrogens is 513 g/mol. The molecule has 0 aromatic heterocycles. The van der Waals surface area contributed by atoms with E-state index >= 15 is 0 Å². The highest BCUT2D eigenvalue weighted by atomic mass is 35.5. The zero-order chi connectivity index (χ0) is 25.4. The molecule has 1 saturated heterocycles. The van der Waals surface area contributed by atoms with E-state index < -0.39 is 23.5 Å². The highest BCUT2D eigenvalue weighted by Gasteiger charge is 2.47. The third kappa shape index (κ3) is 4.57. The summed E-state index contributed by atoms with van der Waals surface area (Å²) in [5, 5.41) is 12.3. The average molecular weight is 533 g/mol. The lowest BCUT2D eigenvalue weighted by atomic mass is 9.94. The van der Waals surface area contributed by atoms with Crippen molar-refractivity contribution in [3.63, 3.8) is 0 Å². The molecule has 1 atom stereocenters. The quantitative estimate of drug-likeness (QED) is 0.228. The molecule has 9 heteroatoms. The van der Waals surface area contributed by atoms with Crippen molar-refractivity contribution in [2.45, 2.75) is 13.0 Å². The lowest BCUT2D eigenvalue weighted by Gasteiger charge is -2.26. The fraction of sp³-hybridized carbons (Fsp3) is 0.154. The largest absolute Gasteiger partial charge is 0.507 e. The Morgan fingerprint density at radius 1 is 0.914 bits per heavy atom. The minimum Gasteiger partial charge on any atom is -0.507 e. The van der Waals surface area contributed by atoms with Crippen molar-refractivity contribution in [2.24, 2.45) is 0 Å². The number of methoxy groups -OCH3 is 2. The summed E-state index contributed by atoms with van der Waals surface area (Å²) in [6.07, 6.45) is 0. The first kappa shape index (κ1) is 24.9. The van der Waals surface area contributed by atoms with Crippen LogP contribution in [0.2, 0.25) is 15.1 Å². The monoisotopic (exact) mass is 531 g/mol. The van der Waals surface area contributed by atoms with Gasteiger partial charge in [-0.15, -0.1) is 0 Å². The number of benzene rings is 3. The molecule has 1 aliphatic heterocycles. The number of rotatable bonds is 5. The van der Waals surface area contributed by atoms with Gasteiger partial charge >= 0.3 is 0 Å². The van der Waals surface area contributed by atoms with Crippen molar-refractivity contribution < 1.29 is 24.2 Å². The average Bonchev–Trinajstić information content (AvgIpc) is 3.08. The van der Waals surface area contributed by atoms with Crippen LogP contribution in [0.4, 0.5) is 5.69 Å². The van der Waals surface area contributed by atoms with E-state index in [1.807, 2.05) is 25.1 Å². The number of Topliss-reactive ketones (excluding diaryl/α,β-unsaturated/α-hetero) is 1. The fourth-order valence-electron chi connectivity index (χ4n) is 4.12. The van der Waals surface area contributed by atoms with E-state index in [1.165, 1.54) is 49.5 Å². The first-order chi connectivity index (χ1) is 16.7. The van der Waals surface area contributed by atoms with Crippen LogP contribution in [0, 0.1) is 6.92 Å². The Balaban J connectivity index is 2.03. The number of aryl methyl sites for hydroxylation is 1. The maximum atomic E-state index is 13.4. The SMILES string of the molecule is COc1cc(/C(O)=C2\C(=O)C(=O)N(c3cc(Cl)cc(Cl)c3)C2c2cccc(C)c2)c(OC)cc1Cl. The molecule has 180 valence electrons. The van der Waals surface area contributed by atoms with E-state index in [2.05, 4.69) is 0 Å². The molecule has 35 heavy (non-hydrogen) atoms. The van der Waals surface area contributed by atoms with Crippen LogP contribution in [0.25, 0.3) is 5.76 Å². The number of hydrogen-bond donors (Lipinski definition) is 1. The Hall–Kier alpha value is -3.19. The molecule has 3 aromatic carbocycles. The Morgan fingerprint density at radius 3 is 2.17 bits per heavy atom. The number of ketones is 1. The molecule has 1 N–H and O–H groups in total. The molecule has 0 spiro atoms. The van der Waals surface area contributed by atoms with Gasteiger partial charge in [0.2, 0.25) is 0 Å². The Kier molecular flexibility index (Phi) is 6.99. The number of carbonyl (C=O) groups is 2. The summed E-state index contributed by atoms with van der Waals surface area (Å²) >= 11 is 18.6. The summed E-state index contributed by atoms with van der Waals surface area (Å²) in [5.74, 6) is -1.68. The normalized spacial score (nSPS) is 17.1. The molecule has 0 bridgehead atoms. The molecule has 1 aliphatic rings. The van der Waals surface area contributed by atoms with Crippen LogP contribution in [0.3, 0.4) is 0 Å². The van der Waals surface area contributed by atoms with Crippen molar-refractivity contribution in [2.75, 3.05) is 19.1 Å². The number of aliphatic hydroxyl groups excluding tert-OH is 1. The third-order valence-electron chi connectivity index (χ3n) is 5.66. The molecule has 1 amide bonds. The number of carbonyl (C=O) groups excluding carboxylic acids is 2. The highest BCUT2D eigenvalue weighted by molar-refractivity contribution is 6.52. The lowest BCUT2D eigenvalue weighted by molar-refractivity contribution is -0.132. The summed E-state index contributed by atoms with van der Waals surface area (Å²) in [6, 6.07) is 13.9. The van der Waals surface area contributed by atoms with E-state index in [1.54, 1.807) is 6.07 Å². The summed E-state index contributed by atoms with van der Waals surface area (Å²) < 4.78 is 10.7. The maximum Gasteiger partial charge on any atom is 0.300 e. The van der Waals surface area contributed by atoms with Gasteiger partial charge in [-0.25, -0.2) is 0 Å². The van der Waals surface area contributed by atoms with Crippen molar-refractivity contribution in [3.05, 3.63) is 91.9 Å². The van der Waals surface area contributed by atoms with E-state index in [0.29, 0.717) is 21.3 Å². The van der Waals surface area contributed by atoms with Gasteiger partial charge in [0, 0.05) is 21.8 Å². The molecule has 0 radical (unpaired) electrons. The number of aliphatic hydroxyl groups is 1. The third-order valence-corrected chi connectivity index (χ3v) is 6.39. The second kappa shape index (κ2) is 9.82. The van der Waals surface area contributed by atoms with Gasteiger partial charge in [-0.3, -0.25) is 14.5 Å². The van der Waals surface area contributed by atoms with Crippen LogP contribution in [-0.2, 0) is 9.59 Å². The Morgan fingerprint density at radius 2 is 1.57 bits per heavy atom. The van der Waals surface area contributed by atoms with Crippen molar-refractivity contribution in [1.82, 2.24) is 0 Å². The summed E-state index contributed by atoms with van der Waals surface area (Å²) in [7, 11) is 2.82. The van der Waals surface area contributed by atoms with Gasteiger partial charge < -0.3 is 14.6 Å². The van der Waals surface area contributed by atoms with Gasteiger partial charge in [0.25, 0.3) is 11.7 Å². The van der Waals surface area contributed by atoms with Gasteiger partial charge in [0.1, 0.15) is 17.3 Å². The van der Waals surface area contributed by atoms with E-state index in [9.17, 15) is 14.7 Å². The molecule has 3 aromatic rings. The zero-order valence-electron chi connectivity index (χ0n) is 18.9. The first-order valence-corrected chi connectivity index (χ1v) is 11.5. The summed E-state index contributed by atoms with van der Waals surface area (Å²) in [5.41, 5.74) is 1.86. The number of halogens is 3. The number of anilines is 1. The van der Waals surface area contributed by atoms with Crippen LogP contribution < -0.4 is 14.4 Å².